The summed E-state index contributed by atoms with van der Waals surface area (Å²) in [5.41, 5.74) is 2.55. The fourth-order valence-corrected chi connectivity index (χ4v) is 1.66. The molecule has 0 spiro atoms. The second-order valence-electron chi connectivity index (χ2n) is 4.80. The molecule has 3 nitrogen and oxygen atoms in total. The van der Waals surface area contributed by atoms with Gasteiger partial charge in [0.05, 0.1) is 0 Å². The maximum absolute atomic E-state index is 10.7. The van der Waals surface area contributed by atoms with Crippen molar-refractivity contribution in [3.05, 3.63) is 60.7 Å². The predicted molar refractivity (Wildman–Crippen MR) is 84.6 cm³/mol. The number of amides is 2. The summed E-state index contributed by atoms with van der Waals surface area (Å²) in [7, 11) is 6.90. The standard InChI is InChI=1S/C12H10.C5H12N2O/c1-3-7-11(8-4-1)12-9-5-2-6-10-12;1-6(2)5(8)7(3)4/h1-10H;1-4H3. The van der Waals surface area contributed by atoms with Gasteiger partial charge >= 0.3 is 6.03 Å². The Kier molecular flexibility index (Phi) is 6.30. The topological polar surface area (TPSA) is 23.6 Å². The molecule has 106 valence electrons. The molecular formula is C17H22N2O. The summed E-state index contributed by atoms with van der Waals surface area (Å²) >= 11 is 0. The fourth-order valence-electron chi connectivity index (χ4n) is 1.66. The van der Waals surface area contributed by atoms with Crippen LogP contribution in [0.25, 0.3) is 11.1 Å². The molecule has 0 aliphatic heterocycles. The lowest BCUT2D eigenvalue weighted by atomic mass is 10.1. The first-order valence-electron chi connectivity index (χ1n) is 6.51. The van der Waals surface area contributed by atoms with Gasteiger partial charge in [-0.1, -0.05) is 60.7 Å². The van der Waals surface area contributed by atoms with Gasteiger partial charge in [-0.2, -0.15) is 0 Å². The zero-order valence-electron chi connectivity index (χ0n) is 12.6. The van der Waals surface area contributed by atoms with Gasteiger partial charge in [-0.15, -0.1) is 0 Å². The number of carbonyl (C=O) groups is 1. The predicted octanol–water partition coefficient (Wildman–Crippen LogP) is 3.58. The van der Waals surface area contributed by atoms with E-state index in [1.165, 1.54) is 20.9 Å². The molecule has 0 radical (unpaired) electrons. The van der Waals surface area contributed by atoms with Gasteiger partial charge in [0, 0.05) is 28.2 Å². The Bertz CT molecular complexity index is 460. The molecule has 0 atom stereocenters. The van der Waals surface area contributed by atoms with Crippen LogP contribution in [0.4, 0.5) is 4.79 Å². The van der Waals surface area contributed by atoms with E-state index in [1.807, 2.05) is 12.1 Å². The second kappa shape index (κ2) is 8.00. The lowest BCUT2D eigenvalue weighted by molar-refractivity contribution is 0.191. The first-order chi connectivity index (χ1) is 9.52. The van der Waals surface area contributed by atoms with E-state index in [1.54, 1.807) is 28.2 Å². The molecule has 2 aromatic rings. The molecule has 0 unspecified atom stereocenters. The quantitative estimate of drug-likeness (QED) is 0.777. The third-order valence-electron chi connectivity index (χ3n) is 2.65. The fraction of sp³-hybridized carbons (Fsp3) is 0.235. The third kappa shape index (κ3) is 5.14. The Hall–Kier alpha value is -2.29. The van der Waals surface area contributed by atoms with Crippen molar-refractivity contribution in [2.24, 2.45) is 0 Å². The maximum Gasteiger partial charge on any atom is 0.318 e. The summed E-state index contributed by atoms with van der Waals surface area (Å²) in [6.07, 6.45) is 0. The van der Waals surface area contributed by atoms with Crippen molar-refractivity contribution < 1.29 is 4.79 Å². The zero-order valence-corrected chi connectivity index (χ0v) is 12.6. The molecule has 0 aliphatic rings. The number of rotatable bonds is 1. The summed E-state index contributed by atoms with van der Waals surface area (Å²) in [4.78, 5) is 13.8. The van der Waals surface area contributed by atoms with Crippen molar-refractivity contribution in [2.45, 2.75) is 0 Å². The van der Waals surface area contributed by atoms with Crippen molar-refractivity contribution >= 4 is 6.03 Å². The van der Waals surface area contributed by atoms with Crippen molar-refractivity contribution in [1.29, 1.82) is 0 Å². The van der Waals surface area contributed by atoms with Crippen LogP contribution in [0.15, 0.2) is 60.7 Å². The molecule has 0 saturated heterocycles. The van der Waals surface area contributed by atoms with Crippen LogP contribution in [0.3, 0.4) is 0 Å². The van der Waals surface area contributed by atoms with Gasteiger partial charge in [0.2, 0.25) is 0 Å². The highest BCUT2D eigenvalue weighted by Gasteiger charge is 2.02. The molecule has 0 aliphatic carbocycles. The Morgan fingerprint density at radius 1 is 0.650 bits per heavy atom. The minimum absolute atomic E-state index is 0.0185. The number of hydrogen-bond acceptors (Lipinski definition) is 1. The average Bonchev–Trinajstić information content (AvgIpc) is 2.48. The second-order valence-corrected chi connectivity index (χ2v) is 4.80. The van der Waals surface area contributed by atoms with E-state index in [9.17, 15) is 4.79 Å². The van der Waals surface area contributed by atoms with Crippen LogP contribution in [-0.2, 0) is 0 Å². The average molecular weight is 270 g/mol. The highest BCUT2D eigenvalue weighted by atomic mass is 16.2. The first-order valence-corrected chi connectivity index (χ1v) is 6.51. The number of benzene rings is 2. The number of carbonyl (C=O) groups excluding carboxylic acids is 1. The van der Waals surface area contributed by atoms with E-state index in [4.69, 9.17) is 0 Å². The van der Waals surface area contributed by atoms with Crippen LogP contribution in [-0.4, -0.2) is 44.0 Å². The van der Waals surface area contributed by atoms with Gasteiger partial charge in [-0.05, 0) is 11.1 Å². The van der Waals surface area contributed by atoms with Crippen molar-refractivity contribution in [3.8, 4) is 11.1 Å². The summed E-state index contributed by atoms with van der Waals surface area (Å²) in [6.45, 7) is 0. The first kappa shape index (κ1) is 15.8. The van der Waals surface area contributed by atoms with Crippen LogP contribution < -0.4 is 0 Å². The van der Waals surface area contributed by atoms with E-state index >= 15 is 0 Å². The molecule has 3 heteroatoms. The number of hydrogen-bond donors (Lipinski definition) is 0. The van der Waals surface area contributed by atoms with Gasteiger partial charge in [0.15, 0.2) is 0 Å². The van der Waals surface area contributed by atoms with Crippen LogP contribution in [0.1, 0.15) is 0 Å². The Labute approximate surface area is 121 Å². The maximum atomic E-state index is 10.7. The summed E-state index contributed by atoms with van der Waals surface area (Å²) in [5.74, 6) is 0. The van der Waals surface area contributed by atoms with Crippen LogP contribution >= 0.6 is 0 Å². The van der Waals surface area contributed by atoms with Gasteiger partial charge in [0.1, 0.15) is 0 Å². The zero-order chi connectivity index (χ0) is 15.0. The Morgan fingerprint density at radius 3 is 1.15 bits per heavy atom. The van der Waals surface area contributed by atoms with Crippen molar-refractivity contribution in [1.82, 2.24) is 9.80 Å². The van der Waals surface area contributed by atoms with Gasteiger partial charge in [0.25, 0.3) is 0 Å². The smallest absolute Gasteiger partial charge is 0.318 e. The highest BCUT2D eigenvalue weighted by Crippen LogP contribution is 2.17. The summed E-state index contributed by atoms with van der Waals surface area (Å²) < 4.78 is 0. The number of urea groups is 1. The van der Waals surface area contributed by atoms with Gasteiger partial charge in [-0.25, -0.2) is 4.79 Å². The molecular weight excluding hydrogens is 248 g/mol. The Balaban J connectivity index is 0.000000221. The van der Waals surface area contributed by atoms with E-state index in [0.29, 0.717) is 0 Å². The van der Waals surface area contributed by atoms with E-state index in [2.05, 4.69) is 48.5 Å². The minimum Gasteiger partial charge on any atom is -0.331 e. The normalized spacial score (nSPS) is 9.20. The third-order valence-corrected chi connectivity index (χ3v) is 2.65. The molecule has 20 heavy (non-hydrogen) atoms. The van der Waals surface area contributed by atoms with E-state index in [-0.39, 0.29) is 6.03 Å². The van der Waals surface area contributed by atoms with Gasteiger partial charge < -0.3 is 9.80 Å². The van der Waals surface area contributed by atoms with Crippen LogP contribution in [0.5, 0.6) is 0 Å². The van der Waals surface area contributed by atoms with Crippen LogP contribution in [0.2, 0.25) is 0 Å². The molecule has 0 fully saturated rings. The van der Waals surface area contributed by atoms with E-state index in [0.717, 1.165) is 0 Å². The molecule has 2 rings (SSSR count). The molecule has 0 heterocycles. The summed E-state index contributed by atoms with van der Waals surface area (Å²) in [5, 5.41) is 0. The lowest BCUT2D eigenvalue weighted by Gasteiger charge is -2.16. The molecule has 0 bridgehead atoms. The summed E-state index contributed by atoms with van der Waals surface area (Å²) in [6, 6.07) is 20.8. The molecule has 2 aromatic carbocycles. The van der Waals surface area contributed by atoms with Crippen molar-refractivity contribution in [3.63, 3.8) is 0 Å². The minimum atomic E-state index is 0.0185. The lowest BCUT2D eigenvalue weighted by Crippen LogP contribution is -2.33. The van der Waals surface area contributed by atoms with Crippen molar-refractivity contribution in [2.75, 3.05) is 28.2 Å². The van der Waals surface area contributed by atoms with Gasteiger partial charge in [-0.3, -0.25) is 0 Å². The Morgan fingerprint density at radius 2 is 0.950 bits per heavy atom. The van der Waals surface area contributed by atoms with Crippen LogP contribution in [0, 0.1) is 0 Å². The molecule has 0 aromatic heterocycles. The SMILES string of the molecule is CN(C)C(=O)N(C)C.c1ccc(-c2ccccc2)cc1. The molecule has 0 N–H and O–H groups in total. The molecule has 2 amide bonds. The number of nitrogens with zero attached hydrogens (tertiary/aromatic N) is 2. The van der Waals surface area contributed by atoms with E-state index < -0.39 is 0 Å². The largest absolute Gasteiger partial charge is 0.331 e. The monoisotopic (exact) mass is 270 g/mol. The highest BCUT2D eigenvalue weighted by molar-refractivity contribution is 5.73. The molecule has 0 saturated carbocycles.